The van der Waals surface area contributed by atoms with Crippen molar-refractivity contribution in [2.75, 3.05) is 37.0 Å². The van der Waals surface area contributed by atoms with Crippen molar-refractivity contribution in [2.24, 2.45) is 0 Å². The number of nitrogens with one attached hydrogen (secondary N) is 1. The van der Waals surface area contributed by atoms with Crippen LogP contribution < -0.4 is 15.8 Å². The highest BCUT2D eigenvalue weighted by molar-refractivity contribution is 6.31. The number of aryl methyl sites for hydroxylation is 1. The van der Waals surface area contributed by atoms with E-state index in [1.807, 2.05) is 6.07 Å². The van der Waals surface area contributed by atoms with Gasteiger partial charge in [-0.15, -0.1) is 11.6 Å². The first kappa shape index (κ1) is 31.0. The first-order chi connectivity index (χ1) is 20.7. The molecule has 2 aliphatic rings. The summed E-state index contributed by atoms with van der Waals surface area (Å²) in [5.41, 5.74) is 1.48. The number of nitrogens with zero attached hydrogens (tertiary/aromatic N) is 4. The van der Waals surface area contributed by atoms with Crippen molar-refractivity contribution in [3.63, 3.8) is 0 Å². The molecule has 1 saturated heterocycles. The molecule has 3 heterocycles. The Labute approximate surface area is 259 Å². The molecular weight excluding hydrogens is 593 g/mol. The van der Waals surface area contributed by atoms with E-state index in [4.69, 9.17) is 23.2 Å². The van der Waals surface area contributed by atoms with Crippen LogP contribution >= 0.6 is 23.2 Å². The lowest BCUT2D eigenvalue weighted by molar-refractivity contribution is -0.136. The van der Waals surface area contributed by atoms with E-state index in [-0.39, 0.29) is 35.7 Å². The van der Waals surface area contributed by atoms with Crippen LogP contribution in [0.15, 0.2) is 47.5 Å². The molecule has 3 aromatic rings. The highest BCUT2D eigenvalue weighted by atomic mass is 35.5. The van der Waals surface area contributed by atoms with Crippen LogP contribution in [0.3, 0.4) is 0 Å². The van der Waals surface area contributed by atoms with Crippen molar-refractivity contribution in [1.29, 1.82) is 0 Å². The number of aromatic nitrogens is 2. The number of carbonyl (C=O) groups is 3. The Morgan fingerprint density at radius 1 is 1.02 bits per heavy atom. The largest absolute Gasteiger partial charge is 0.388 e. The van der Waals surface area contributed by atoms with Crippen LogP contribution in [-0.2, 0) is 22.6 Å². The Kier molecular flexibility index (Phi) is 9.68. The molecule has 43 heavy (non-hydrogen) atoms. The zero-order valence-electron chi connectivity index (χ0n) is 23.9. The molecule has 3 amide bonds. The molecule has 10 nitrogen and oxygen atoms in total. The standard InChI is InChI=1S/C31H35Cl2N5O5/c32-18-28(40)38-13-3-4-21-16-22(6-9-26(21)38)29(41)34-12-2-1-5-27(39)36-14-10-31(43,11-15-36)19-37-20-35-25-17-23(33)7-8-24(25)30(37)42/h6-9,16-17,20,43H,1-5,10-15,18-19H2,(H,34,41). The van der Waals surface area contributed by atoms with Gasteiger partial charge in [-0.3, -0.25) is 23.7 Å². The second-order valence-electron chi connectivity index (χ2n) is 11.3. The molecule has 1 aromatic heterocycles. The van der Waals surface area contributed by atoms with Gasteiger partial charge in [0.1, 0.15) is 5.88 Å². The summed E-state index contributed by atoms with van der Waals surface area (Å²) in [6.07, 6.45) is 5.41. The fourth-order valence-corrected chi connectivity index (χ4v) is 6.14. The maximum absolute atomic E-state index is 12.9. The highest BCUT2D eigenvalue weighted by Gasteiger charge is 2.34. The first-order valence-electron chi connectivity index (χ1n) is 14.6. The Balaban J connectivity index is 1.04. The van der Waals surface area contributed by atoms with E-state index in [0.717, 1.165) is 24.1 Å². The predicted molar refractivity (Wildman–Crippen MR) is 166 cm³/mol. The van der Waals surface area contributed by atoms with Gasteiger partial charge in [0.05, 0.1) is 29.4 Å². The van der Waals surface area contributed by atoms with E-state index in [2.05, 4.69) is 10.3 Å². The van der Waals surface area contributed by atoms with Gasteiger partial charge in [-0.05, 0) is 80.5 Å². The first-order valence-corrected chi connectivity index (χ1v) is 15.5. The minimum absolute atomic E-state index is 0.0144. The SMILES string of the molecule is O=C(NCCCCC(=O)N1CCC(O)(Cn2cnc3cc(Cl)ccc3c2=O)CC1)c1ccc2c(c1)CCCN2C(=O)CCl. The molecule has 2 aliphatic heterocycles. The summed E-state index contributed by atoms with van der Waals surface area (Å²) in [5, 5.41) is 15.0. The third kappa shape index (κ3) is 7.20. The smallest absolute Gasteiger partial charge is 0.261 e. The third-order valence-corrected chi connectivity index (χ3v) is 8.74. The molecule has 1 fully saturated rings. The molecule has 0 saturated carbocycles. The van der Waals surface area contributed by atoms with E-state index in [1.54, 1.807) is 40.1 Å². The van der Waals surface area contributed by atoms with Gasteiger partial charge in [0.25, 0.3) is 11.5 Å². The lowest BCUT2D eigenvalue weighted by atomic mass is 9.91. The third-order valence-electron chi connectivity index (χ3n) is 8.28. The topological polar surface area (TPSA) is 125 Å². The number of alkyl halides is 1. The minimum atomic E-state index is -1.11. The Morgan fingerprint density at radius 2 is 1.81 bits per heavy atom. The maximum Gasteiger partial charge on any atom is 0.261 e. The number of rotatable bonds is 9. The van der Waals surface area contributed by atoms with Gasteiger partial charge in [0.15, 0.2) is 0 Å². The number of hydrogen-bond acceptors (Lipinski definition) is 6. The van der Waals surface area contributed by atoms with Crippen LogP contribution in [0, 0.1) is 0 Å². The van der Waals surface area contributed by atoms with Gasteiger partial charge < -0.3 is 20.2 Å². The van der Waals surface area contributed by atoms with Crippen molar-refractivity contribution < 1.29 is 19.5 Å². The second-order valence-corrected chi connectivity index (χ2v) is 12.0. The van der Waals surface area contributed by atoms with E-state index < -0.39 is 5.60 Å². The van der Waals surface area contributed by atoms with Crippen molar-refractivity contribution in [3.05, 3.63) is 69.2 Å². The Hall–Kier alpha value is -3.47. The summed E-state index contributed by atoms with van der Waals surface area (Å²) in [4.78, 5) is 58.2. The van der Waals surface area contributed by atoms with Gasteiger partial charge in [0, 0.05) is 48.9 Å². The molecular formula is C31H35Cl2N5O5. The summed E-state index contributed by atoms with van der Waals surface area (Å²) < 4.78 is 1.42. The summed E-state index contributed by atoms with van der Waals surface area (Å²) in [5.74, 6) is -0.389. The summed E-state index contributed by atoms with van der Waals surface area (Å²) in [6.45, 7) is 1.99. The normalized spacial score (nSPS) is 16.2. The highest BCUT2D eigenvalue weighted by Crippen LogP contribution is 2.29. The number of likely N-dealkylation sites (tertiary alicyclic amines) is 1. The summed E-state index contributed by atoms with van der Waals surface area (Å²) in [6, 6.07) is 10.3. The molecule has 0 aliphatic carbocycles. The average Bonchev–Trinajstić information content (AvgIpc) is 3.01. The molecule has 12 heteroatoms. The summed E-state index contributed by atoms with van der Waals surface area (Å²) in [7, 11) is 0. The predicted octanol–water partition coefficient (Wildman–Crippen LogP) is 3.52. The van der Waals surface area contributed by atoms with Gasteiger partial charge >= 0.3 is 0 Å². The van der Waals surface area contributed by atoms with Crippen LogP contribution in [0.2, 0.25) is 5.02 Å². The van der Waals surface area contributed by atoms with E-state index in [9.17, 15) is 24.3 Å². The number of hydrogen-bond donors (Lipinski definition) is 2. The summed E-state index contributed by atoms with van der Waals surface area (Å²) >= 11 is 11.7. The number of benzene rings is 2. The number of halogens is 2. The van der Waals surface area contributed by atoms with E-state index >= 15 is 0 Å². The van der Waals surface area contributed by atoms with Crippen molar-refractivity contribution in [3.8, 4) is 0 Å². The lowest BCUT2D eigenvalue weighted by Crippen LogP contribution is -2.49. The molecule has 5 rings (SSSR count). The Bertz CT molecular complexity index is 1580. The fraction of sp³-hybridized carbons (Fsp3) is 0.452. The van der Waals surface area contributed by atoms with Crippen molar-refractivity contribution >= 4 is 57.5 Å². The van der Waals surface area contributed by atoms with Crippen LogP contribution in [0.25, 0.3) is 10.9 Å². The average molecular weight is 629 g/mol. The minimum Gasteiger partial charge on any atom is -0.388 e. The van der Waals surface area contributed by atoms with Crippen LogP contribution in [0.4, 0.5) is 5.69 Å². The van der Waals surface area contributed by atoms with Gasteiger partial charge in [0.2, 0.25) is 11.8 Å². The number of aliphatic hydroxyl groups is 1. The quantitative estimate of drug-likeness (QED) is 0.276. The van der Waals surface area contributed by atoms with Gasteiger partial charge in [-0.2, -0.15) is 0 Å². The van der Waals surface area contributed by atoms with Crippen molar-refractivity contribution in [1.82, 2.24) is 19.8 Å². The molecule has 0 radical (unpaired) electrons. The van der Waals surface area contributed by atoms with Gasteiger partial charge in [-0.1, -0.05) is 11.6 Å². The number of anilines is 1. The number of amides is 3. The zero-order valence-corrected chi connectivity index (χ0v) is 25.4. The van der Waals surface area contributed by atoms with Gasteiger partial charge in [-0.25, -0.2) is 4.98 Å². The molecule has 0 atom stereocenters. The number of carbonyl (C=O) groups excluding carboxylic acids is 3. The molecule has 0 unspecified atom stereocenters. The zero-order chi connectivity index (χ0) is 30.6. The Morgan fingerprint density at radius 3 is 2.58 bits per heavy atom. The van der Waals surface area contributed by atoms with Crippen LogP contribution in [-0.4, -0.2) is 74.9 Å². The van der Waals surface area contributed by atoms with Crippen LogP contribution in [0.1, 0.15) is 54.4 Å². The van der Waals surface area contributed by atoms with E-state index in [0.29, 0.717) is 79.8 Å². The molecule has 2 N–H and O–H groups in total. The number of fused-ring (bicyclic) bond motifs is 2. The van der Waals surface area contributed by atoms with E-state index in [1.165, 1.54) is 10.9 Å². The lowest BCUT2D eigenvalue weighted by Gasteiger charge is -2.38. The second kappa shape index (κ2) is 13.4. The number of unbranched alkanes of at least 4 members (excludes halogenated alkanes) is 1. The molecule has 0 bridgehead atoms. The number of piperidine rings is 1. The molecule has 0 spiro atoms. The van der Waals surface area contributed by atoms with Crippen molar-refractivity contribution in [2.45, 2.75) is 57.1 Å². The molecule has 2 aromatic carbocycles. The van der Waals surface area contributed by atoms with Crippen LogP contribution in [0.5, 0.6) is 0 Å². The fourth-order valence-electron chi connectivity index (χ4n) is 5.82. The maximum atomic E-state index is 12.9. The molecule has 228 valence electrons. The monoisotopic (exact) mass is 627 g/mol.